The lowest BCUT2D eigenvalue weighted by Crippen LogP contribution is -2.49. The van der Waals surface area contributed by atoms with Crippen LogP contribution >= 0.6 is 0 Å². The predicted molar refractivity (Wildman–Crippen MR) is 255 cm³/mol. The van der Waals surface area contributed by atoms with Gasteiger partial charge in [-0.1, -0.05) is 46.8 Å². The van der Waals surface area contributed by atoms with Gasteiger partial charge in [0.15, 0.2) is 11.9 Å². The highest BCUT2D eigenvalue weighted by Gasteiger charge is 2.35. The molecular weight excluding hydrogens is 869 g/mol. The average molecular weight is 927 g/mol. The molecule has 1 atom stereocenters. The van der Waals surface area contributed by atoms with Crippen molar-refractivity contribution in [1.82, 2.24) is 39.0 Å². The topological polar surface area (TPSA) is 209 Å². The van der Waals surface area contributed by atoms with Gasteiger partial charge in [0.05, 0.1) is 40.3 Å². The number of benzene rings is 3. The number of pyridine rings is 2. The lowest BCUT2D eigenvalue weighted by Gasteiger charge is -2.38. The van der Waals surface area contributed by atoms with Crippen molar-refractivity contribution in [2.45, 2.75) is 85.6 Å². The molecule has 0 saturated carbocycles. The van der Waals surface area contributed by atoms with Crippen LogP contribution in [0.1, 0.15) is 92.9 Å². The summed E-state index contributed by atoms with van der Waals surface area (Å²) in [7, 11) is 0. The lowest BCUT2D eigenvalue weighted by molar-refractivity contribution is -0.157. The van der Waals surface area contributed by atoms with Crippen LogP contribution < -0.4 is 16.0 Å². The zero-order valence-corrected chi connectivity index (χ0v) is 39.1. The number of phenols is 2. The van der Waals surface area contributed by atoms with Crippen molar-refractivity contribution in [2.24, 2.45) is 5.92 Å². The summed E-state index contributed by atoms with van der Waals surface area (Å²) in [6, 6.07) is 17.8. The van der Waals surface area contributed by atoms with Crippen molar-refractivity contribution in [3.05, 3.63) is 115 Å². The lowest BCUT2D eigenvalue weighted by atomic mass is 9.96. The third-order valence-electron chi connectivity index (χ3n) is 13.7. The Morgan fingerprint density at radius 3 is 2.32 bits per heavy atom. The molecule has 0 aliphatic carbocycles. The Bertz CT molecular complexity index is 3010. The van der Waals surface area contributed by atoms with E-state index in [2.05, 4.69) is 20.0 Å². The molecule has 1 amide bonds. The molecule has 68 heavy (non-hydrogen) atoms. The van der Waals surface area contributed by atoms with Crippen LogP contribution in [0.3, 0.4) is 0 Å². The van der Waals surface area contributed by atoms with E-state index in [9.17, 15) is 34.5 Å². The molecule has 4 aliphatic rings. The highest BCUT2D eigenvalue weighted by atomic mass is 16.6. The molecule has 4 N–H and O–H groups in total. The number of amides is 1. The number of aromatic hydroxyl groups is 2. The van der Waals surface area contributed by atoms with E-state index in [4.69, 9.17) is 14.5 Å². The smallest absolute Gasteiger partial charge is 0.415 e. The first-order valence-corrected chi connectivity index (χ1v) is 23.7. The molecule has 0 bridgehead atoms. The monoisotopic (exact) mass is 926 g/mol. The molecule has 4 aliphatic heterocycles. The van der Waals surface area contributed by atoms with Crippen molar-refractivity contribution < 1.29 is 34.4 Å². The van der Waals surface area contributed by atoms with E-state index in [1.54, 1.807) is 27.7 Å². The first kappa shape index (κ1) is 46.3. The number of aliphatic hydroxyl groups is 1. The molecule has 3 aromatic carbocycles. The maximum absolute atomic E-state index is 13.5. The van der Waals surface area contributed by atoms with Gasteiger partial charge in [-0.25, -0.2) is 29.0 Å². The van der Waals surface area contributed by atoms with Crippen LogP contribution in [0.2, 0.25) is 0 Å². The summed E-state index contributed by atoms with van der Waals surface area (Å²) in [6.07, 6.45) is 0.537. The van der Waals surface area contributed by atoms with Crippen molar-refractivity contribution in [3.8, 4) is 45.7 Å². The van der Waals surface area contributed by atoms with Crippen LogP contribution in [0.15, 0.2) is 70.3 Å². The fourth-order valence-electron chi connectivity index (χ4n) is 10.1. The van der Waals surface area contributed by atoms with Crippen molar-refractivity contribution in [3.63, 3.8) is 0 Å². The van der Waals surface area contributed by atoms with E-state index >= 15 is 0 Å². The quantitative estimate of drug-likeness (QED) is 0.119. The number of phenolic OH excluding ortho intramolecular Hbond substituents is 2. The molecule has 356 valence electrons. The molecule has 17 nitrogen and oxygen atoms in total. The molecule has 6 aromatic rings. The summed E-state index contributed by atoms with van der Waals surface area (Å²) in [5.74, 6) is 0.215. The van der Waals surface area contributed by atoms with Crippen molar-refractivity contribution in [2.75, 3.05) is 45.8 Å². The molecule has 0 radical (unpaired) electrons. The van der Waals surface area contributed by atoms with Crippen molar-refractivity contribution in [1.29, 1.82) is 0 Å². The van der Waals surface area contributed by atoms with Gasteiger partial charge < -0.3 is 39.2 Å². The summed E-state index contributed by atoms with van der Waals surface area (Å²) in [6.45, 7) is 16.8. The SMILES string of the molecule is CC.CCc1c2c(nc3ccc(OC(=O)N4CCC(CN5CCN(Cc6ccc(-n7c(-c8cc(C(C)C)c(O)cc8O)n[nH]c7=O)cc6)CC5)CC4)cc13)-c1cc3c(c(=O)n1C2)COC(=O)C3O. The predicted octanol–water partition coefficient (Wildman–Crippen LogP) is 6.21. The highest BCUT2D eigenvalue weighted by molar-refractivity contribution is 5.90. The Labute approximate surface area is 393 Å². The molecule has 0 spiro atoms. The normalized spacial score (nSPS) is 17.4. The summed E-state index contributed by atoms with van der Waals surface area (Å²) in [5.41, 5.74) is 6.30. The molecule has 2 saturated heterocycles. The summed E-state index contributed by atoms with van der Waals surface area (Å²) >= 11 is 0. The number of esters is 1. The Morgan fingerprint density at radius 2 is 1.62 bits per heavy atom. The second-order valence-electron chi connectivity index (χ2n) is 18.1. The number of aryl methyl sites for hydroxylation is 1. The van der Waals surface area contributed by atoms with Crippen molar-refractivity contribution >= 4 is 23.0 Å². The van der Waals surface area contributed by atoms with Crippen LogP contribution in [-0.4, -0.2) is 112 Å². The number of piperazine rings is 1. The van der Waals surface area contributed by atoms with E-state index in [1.165, 1.54) is 10.6 Å². The standard InChI is InChI=1S/C49H52N8O9.C2H6/c1-4-32-34-19-31(9-10-39(34)50-43-37(32)25-56-40(43)21-35-38(46(56)61)26-65-47(62)44(35)60)66-49(64)55-13-11-29(12-14-55)24-54-17-15-53(16-18-54)23-28-5-7-30(8-6-28)57-45(51-52-48(57)63)36-20-33(27(2)3)41(58)22-42(36)59;1-2/h5-10,19-22,27,29,44,58-60H,4,11-18,23-26H2,1-3H3,(H,52,63);1-2H3. The van der Waals surface area contributed by atoms with Crippen LogP contribution in [0.5, 0.6) is 17.2 Å². The summed E-state index contributed by atoms with van der Waals surface area (Å²) in [4.78, 5) is 63.6. The van der Waals surface area contributed by atoms with E-state index < -0.39 is 17.8 Å². The number of likely N-dealkylation sites (tertiary alicyclic amines) is 1. The number of nitrogens with one attached hydrogen (secondary N) is 1. The van der Waals surface area contributed by atoms with Gasteiger partial charge >= 0.3 is 17.8 Å². The molecule has 17 heteroatoms. The number of carbonyl (C=O) groups is 2. The number of nitrogens with zero attached hydrogens (tertiary/aromatic N) is 7. The largest absolute Gasteiger partial charge is 0.508 e. The number of cyclic esters (lactones) is 1. The number of piperidine rings is 1. The minimum absolute atomic E-state index is 0.000687. The number of carbonyl (C=O) groups excluding carboxylic acids is 2. The second kappa shape index (κ2) is 19.1. The molecule has 7 heterocycles. The summed E-state index contributed by atoms with van der Waals surface area (Å²) < 4.78 is 14.0. The van der Waals surface area contributed by atoms with Crippen LogP contribution in [-0.2, 0) is 35.6 Å². The molecule has 3 aromatic heterocycles. The molecule has 1 unspecified atom stereocenters. The third-order valence-corrected chi connectivity index (χ3v) is 13.7. The number of aromatic nitrogens is 5. The van der Waals surface area contributed by atoms with E-state index in [-0.39, 0.29) is 52.6 Å². The Hall–Kier alpha value is -6.82. The number of aromatic amines is 1. The number of aliphatic hydroxyl groups excluding tert-OH is 1. The van der Waals surface area contributed by atoms with Gasteiger partial charge in [-0.2, -0.15) is 5.10 Å². The van der Waals surface area contributed by atoms with E-state index in [0.717, 1.165) is 74.2 Å². The first-order valence-electron chi connectivity index (χ1n) is 23.7. The minimum atomic E-state index is -1.52. The number of H-pyrrole nitrogens is 1. The minimum Gasteiger partial charge on any atom is -0.508 e. The highest BCUT2D eigenvalue weighted by Crippen LogP contribution is 2.40. The Morgan fingerprint density at radius 1 is 0.897 bits per heavy atom. The van der Waals surface area contributed by atoms with Crippen LogP contribution in [0.25, 0.3) is 39.4 Å². The van der Waals surface area contributed by atoms with Gasteiger partial charge in [0, 0.05) is 74.9 Å². The van der Waals surface area contributed by atoms with E-state index in [1.807, 2.05) is 71.0 Å². The fraction of sp³-hybridized carbons (Fsp3) is 0.412. The van der Waals surface area contributed by atoms with E-state index in [0.29, 0.717) is 71.4 Å². The third kappa shape index (κ3) is 8.65. The Balaban J connectivity index is 0.00000285. The van der Waals surface area contributed by atoms with Crippen LogP contribution in [0.4, 0.5) is 4.79 Å². The zero-order valence-electron chi connectivity index (χ0n) is 39.1. The number of rotatable bonds is 9. The number of ether oxygens (including phenoxy) is 2. The average Bonchev–Trinajstić information content (AvgIpc) is 3.91. The fourth-order valence-corrected chi connectivity index (χ4v) is 10.1. The molecule has 2 fully saturated rings. The molecule has 10 rings (SSSR count). The van der Waals surface area contributed by atoms with Gasteiger partial charge in [0.1, 0.15) is 23.9 Å². The van der Waals surface area contributed by atoms with Gasteiger partial charge in [-0.3, -0.25) is 9.69 Å². The Kier molecular flexibility index (Phi) is 13.0. The number of hydrogen-bond acceptors (Lipinski definition) is 13. The molecular formula is C51H58N8O9. The second-order valence-corrected chi connectivity index (χ2v) is 18.1. The zero-order chi connectivity index (χ0) is 48.0. The number of fused-ring (bicyclic) bond motifs is 5. The van der Waals surface area contributed by atoms with Gasteiger partial charge in [0.2, 0.25) is 0 Å². The summed E-state index contributed by atoms with van der Waals surface area (Å²) in [5, 5.41) is 39.1. The van der Waals surface area contributed by atoms with Gasteiger partial charge in [-0.05, 0) is 90.3 Å². The number of hydrogen-bond donors (Lipinski definition) is 4. The first-order chi connectivity index (χ1) is 32.8. The van der Waals surface area contributed by atoms with Gasteiger partial charge in [-0.15, -0.1) is 0 Å². The van der Waals surface area contributed by atoms with Gasteiger partial charge in [0.25, 0.3) is 5.56 Å². The maximum Gasteiger partial charge on any atom is 0.415 e. The van der Waals surface area contributed by atoms with Crippen LogP contribution in [0, 0.1) is 5.92 Å². The maximum atomic E-state index is 13.5.